The molecule has 3 heteroatoms. The second-order valence-electron chi connectivity index (χ2n) is 4.28. The van der Waals surface area contributed by atoms with Gasteiger partial charge in [-0.3, -0.25) is 0 Å². The van der Waals surface area contributed by atoms with Crippen LogP contribution < -0.4 is 5.32 Å². The summed E-state index contributed by atoms with van der Waals surface area (Å²) < 4.78 is 0. The third-order valence-corrected chi connectivity index (χ3v) is 2.82. The Labute approximate surface area is 102 Å². The van der Waals surface area contributed by atoms with Gasteiger partial charge in [0.25, 0.3) is 0 Å². The Morgan fingerprint density at radius 2 is 1.76 bits per heavy atom. The van der Waals surface area contributed by atoms with Gasteiger partial charge in [0.2, 0.25) is 0 Å². The molecular formula is C14H19N3. The number of unbranched alkanes of at least 4 members (excludes halogenated alkanes) is 2. The fraction of sp³-hybridized carbons (Fsp3) is 0.429. The number of para-hydroxylation sites is 2. The zero-order valence-electron chi connectivity index (χ0n) is 10.5. The highest BCUT2D eigenvalue weighted by molar-refractivity contribution is 5.76. The molecule has 0 bridgehead atoms. The van der Waals surface area contributed by atoms with Crippen LogP contribution in [0.4, 0.5) is 5.82 Å². The van der Waals surface area contributed by atoms with Gasteiger partial charge in [0.05, 0.1) is 16.7 Å². The van der Waals surface area contributed by atoms with E-state index in [1.807, 2.05) is 31.2 Å². The van der Waals surface area contributed by atoms with Crippen LogP contribution in [0.5, 0.6) is 0 Å². The first-order valence-electron chi connectivity index (χ1n) is 6.28. The van der Waals surface area contributed by atoms with Gasteiger partial charge in [-0.1, -0.05) is 31.9 Å². The van der Waals surface area contributed by atoms with Crippen LogP contribution in [0.25, 0.3) is 11.0 Å². The standard InChI is InChI=1S/C14H19N3/c1-3-4-7-10-15-14-11(2)16-12-8-5-6-9-13(12)17-14/h5-6,8-9H,3-4,7,10H2,1-2H3,(H,15,17). The summed E-state index contributed by atoms with van der Waals surface area (Å²) in [7, 11) is 0. The van der Waals surface area contributed by atoms with Gasteiger partial charge < -0.3 is 5.32 Å². The van der Waals surface area contributed by atoms with Gasteiger partial charge in [-0.2, -0.15) is 0 Å². The van der Waals surface area contributed by atoms with Gasteiger partial charge in [-0.25, -0.2) is 9.97 Å². The fourth-order valence-electron chi connectivity index (χ4n) is 1.84. The van der Waals surface area contributed by atoms with Crippen molar-refractivity contribution in [3.8, 4) is 0 Å². The van der Waals surface area contributed by atoms with Gasteiger partial charge >= 0.3 is 0 Å². The molecule has 1 N–H and O–H groups in total. The summed E-state index contributed by atoms with van der Waals surface area (Å²) >= 11 is 0. The fourth-order valence-corrected chi connectivity index (χ4v) is 1.84. The van der Waals surface area contributed by atoms with Crippen LogP contribution in [0.1, 0.15) is 31.9 Å². The number of nitrogens with zero attached hydrogens (tertiary/aromatic N) is 2. The van der Waals surface area contributed by atoms with Crippen molar-refractivity contribution in [2.45, 2.75) is 33.1 Å². The number of rotatable bonds is 5. The Bertz CT molecular complexity index is 494. The van der Waals surface area contributed by atoms with Crippen LogP contribution in [0.2, 0.25) is 0 Å². The van der Waals surface area contributed by atoms with Gasteiger partial charge in [0.1, 0.15) is 5.82 Å². The predicted molar refractivity (Wildman–Crippen MR) is 72.3 cm³/mol. The molecule has 0 radical (unpaired) electrons. The minimum absolute atomic E-state index is 0.916. The minimum Gasteiger partial charge on any atom is -0.369 e. The average Bonchev–Trinajstić information content (AvgIpc) is 2.35. The number of anilines is 1. The normalized spacial score (nSPS) is 10.7. The molecule has 90 valence electrons. The average molecular weight is 229 g/mol. The molecule has 3 nitrogen and oxygen atoms in total. The number of hydrogen-bond acceptors (Lipinski definition) is 3. The van der Waals surface area contributed by atoms with E-state index >= 15 is 0 Å². The Balaban J connectivity index is 2.14. The summed E-state index contributed by atoms with van der Waals surface area (Å²) in [6.07, 6.45) is 3.68. The van der Waals surface area contributed by atoms with Crippen LogP contribution in [-0.4, -0.2) is 16.5 Å². The van der Waals surface area contributed by atoms with E-state index in [1.54, 1.807) is 0 Å². The number of fused-ring (bicyclic) bond motifs is 1. The molecule has 0 saturated carbocycles. The largest absolute Gasteiger partial charge is 0.369 e. The molecule has 0 atom stereocenters. The number of aryl methyl sites for hydroxylation is 1. The Kier molecular flexibility index (Phi) is 3.91. The van der Waals surface area contributed by atoms with E-state index in [0.29, 0.717) is 0 Å². The number of benzene rings is 1. The van der Waals surface area contributed by atoms with Crippen molar-refractivity contribution < 1.29 is 0 Å². The minimum atomic E-state index is 0.916. The molecule has 0 amide bonds. The molecule has 2 rings (SSSR count). The molecule has 0 spiro atoms. The molecule has 0 unspecified atom stereocenters. The van der Waals surface area contributed by atoms with Gasteiger partial charge in [-0.05, 0) is 25.5 Å². The Hall–Kier alpha value is -1.64. The molecule has 1 aromatic heterocycles. The quantitative estimate of drug-likeness (QED) is 0.797. The second kappa shape index (κ2) is 5.62. The first-order valence-corrected chi connectivity index (χ1v) is 6.28. The van der Waals surface area contributed by atoms with Crippen molar-refractivity contribution in [2.24, 2.45) is 0 Å². The van der Waals surface area contributed by atoms with E-state index in [1.165, 1.54) is 19.3 Å². The molecule has 1 heterocycles. The van der Waals surface area contributed by atoms with Crippen LogP contribution in [0.3, 0.4) is 0 Å². The summed E-state index contributed by atoms with van der Waals surface area (Å²) in [5.74, 6) is 0.916. The first-order chi connectivity index (χ1) is 8.31. The maximum absolute atomic E-state index is 4.60. The van der Waals surface area contributed by atoms with E-state index in [2.05, 4.69) is 22.2 Å². The SMILES string of the molecule is CCCCCNc1nc2ccccc2nc1C. The van der Waals surface area contributed by atoms with Crippen LogP contribution in [-0.2, 0) is 0 Å². The van der Waals surface area contributed by atoms with E-state index in [9.17, 15) is 0 Å². The lowest BCUT2D eigenvalue weighted by Gasteiger charge is -2.08. The zero-order chi connectivity index (χ0) is 12.1. The Morgan fingerprint density at radius 3 is 2.47 bits per heavy atom. The highest BCUT2D eigenvalue weighted by atomic mass is 15.0. The zero-order valence-corrected chi connectivity index (χ0v) is 10.5. The topological polar surface area (TPSA) is 37.8 Å². The van der Waals surface area contributed by atoms with E-state index in [4.69, 9.17) is 0 Å². The third-order valence-electron chi connectivity index (χ3n) is 2.82. The maximum Gasteiger partial charge on any atom is 0.148 e. The van der Waals surface area contributed by atoms with Crippen LogP contribution >= 0.6 is 0 Å². The molecule has 1 aromatic carbocycles. The number of aromatic nitrogens is 2. The monoisotopic (exact) mass is 229 g/mol. The van der Waals surface area contributed by atoms with Crippen LogP contribution in [0, 0.1) is 6.92 Å². The summed E-state index contributed by atoms with van der Waals surface area (Å²) in [5, 5.41) is 3.37. The lowest BCUT2D eigenvalue weighted by atomic mass is 10.2. The molecule has 0 fully saturated rings. The van der Waals surface area contributed by atoms with E-state index in [0.717, 1.165) is 29.1 Å². The summed E-state index contributed by atoms with van der Waals surface area (Å²) in [4.78, 5) is 9.15. The lowest BCUT2D eigenvalue weighted by molar-refractivity contribution is 0.742. The number of hydrogen-bond donors (Lipinski definition) is 1. The Morgan fingerprint density at radius 1 is 1.06 bits per heavy atom. The van der Waals surface area contributed by atoms with Crippen molar-refractivity contribution in [3.63, 3.8) is 0 Å². The second-order valence-corrected chi connectivity index (χ2v) is 4.28. The van der Waals surface area contributed by atoms with E-state index < -0.39 is 0 Å². The molecular weight excluding hydrogens is 210 g/mol. The van der Waals surface area contributed by atoms with Gasteiger partial charge in [0, 0.05) is 6.54 Å². The summed E-state index contributed by atoms with van der Waals surface area (Å²) in [6.45, 7) is 5.18. The lowest BCUT2D eigenvalue weighted by Crippen LogP contribution is -2.06. The summed E-state index contributed by atoms with van der Waals surface area (Å²) in [5.41, 5.74) is 2.89. The number of nitrogens with one attached hydrogen (secondary N) is 1. The van der Waals surface area contributed by atoms with Crippen molar-refractivity contribution in [2.75, 3.05) is 11.9 Å². The highest BCUT2D eigenvalue weighted by Crippen LogP contribution is 2.15. The molecule has 0 saturated heterocycles. The van der Waals surface area contributed by atoms with Crippen molar-refractivity contribution in [1.82, 2.24) is 9.97 Å². The highest BCUT2D eigenvalue weighted by Gasteiger charge is 2.03. The third kappa shape index (κ3) is 2.93. The maximum atomic E-state index is 4.60. The predicted octanol–water partition coefficient (Wildman–Crippen LogP) is 3.54. The molecule has 0 aliphatic rings. The van der Waals surface area contributed by atoms with E-state index in [-0.39, 0.29) is 0 Å². The van der Waals surface area contributed by atoms with Gasteiger partial charge in [-0.15, -0.1) is 0 Å². The van der Waals surface area contributed by atoms with Crippen LogP contribution in [0.15, 0.2) is 24.3 Å². The van der Waals surface area contributed by atoms with Gasteiger partial charge in [0.15, 0.2) is 0 Å². The smallest absolute Gasteiger partial charge is 0.148 e. The van der Waals surface area contributed by atoms with Crippen molar-refractivity contribution in [3.05, 3.63) is 30.0 Å². The van der Waals surface area contributed by atoms with Crippen molar-refractivity contribution in [1.29, 1.82) is 0 Å². The first kappa shape index (κ1) is 11.8. The van der Waals surface area contributed by atoms with Crippen molar-refractivity contribution >= 4 is 16.9 Å². The molecule has 0 aliphatic carbocycles. The molecule has 17 heavy (non-hydrogen) atoms. The molecule has 2 aromatic rings. The molecule has 0 aliphatic heterocycles. The summed E-state index contributed by atoms with van der Waals surface area (Å²) in [6, 6.07) is 7.98.